The van der Waals surface area contributed by atoms with Gasteiger partial charge in [0.05, 0.1) is 7.11 Å². The van der Waals surface area contributed by atoms with Crippen LogP contribution in [0.4, 0.5) is 0 Å². The molecule has 1 aliphatic rings. The summed E-state index contributed by atoms with van der Waals surface area (Å²) < 4.78 is 5.62. The first-order valence-electron chi connectivity index (χ1n) is 11.6. The minimum absolute atomic E-state index is 0.251. The second-order valence-corrected chi connectivity index (χ2v) is 8.58. The third-order valence-corrected chi connectivity index (χ3v) is 6.55. The monoisotopic (exact) mass is 444 g/mol. The molecule has 5 heteroatoms. The number of para-hydroxylation sites is 1. The number of ether oxygens (including phenoxy) is 1. The maximum atomic E-state index is 12.7. The van der Waals surface area contributed by atoms with Gasteiger partial charge in [0.15, 0.2) is 0 Å². The number of hydrogen-bond donors (Lipinski definition) is 3. The molecule has 1 heterocycles. The molecular weight excluding hydrogens is 412 g/mol. The average molecular weight is 445 g/mol. The molecular formula is C28H32N2O3. The number of carbonyl (C=O) groups is 1. The zero-order chi connectivity index (χ0) is 23.3. The number of benzene rings is 3. The summed E-state index contributed by atoms with van der Waals surface area (Å²) in [5, 5.41) is 18.7. The van der Waals surface area contributed by atoms with Crippen LogP contribution < -0.4 is 15.4 Å². The summed E-state index contributed by atoms with van der Waals surface area (Å²) >= 11 is 0. The van der Waals surface area contributed by atoms with Gasteiger partial charge in [0.25, 0.3) is 5.91 Å². The third-order valence-electron chi connectivity index (χ3n) is 6.55. The molecule has 0 radical (unpaired) electrons. The van der Waals surface area contributed by atoms with Gasteiger partial charge in [-0.25, -0.2) is 0 Å². The van der Waals surface area contributed by atoms with Gasteiger partial charge < -0.3 is 20.5 Å². The first-order chi connectivity index (χ1) is 16.1. The van der Waals surface area contributed by atoms with Crippen LogP contribution in [0.5, 0.6) is 5.75 Å². The summed E-state index contributed by atoms with van der Waals surface area (Å²) in [4.78, 5) is 12.7. The molecule has 2 atom stereocenters. The number of methoxy groups -OCH3 is 1. The molecule has 0 spiro atoms. The second kappa shape index (κ2) is 10.2. The molecule has 1 saturated heterocycles. The Morgan fingerprint density at radius 1 is 1.03 bits per heavy atom. The molecule has 0 saturated carbocycles. The SMILES string of the molecule is CNC(=O)c1ccccc1C(O)(c1ccc(CC2CCCCN2)cc1)c1ccccc1OC. The van der Waals surface area contributed by atoms with Gasteiger partial charge >= 0.3 is 0 Å². The smallest absolute Gasteiger partial charge is 0.251 e. The Balaban J connectivity index is 1.82. The fourth-order valence-electron chi connectivity index (χ4n) is 4.80. The van der Waals surface area contributed by atoms with E-state index in [9.17, 15) is 9.90 Å². The van der Waals surface area contributed by atoms with E-state index in [4.69, 9.17) is 4.74 Å². The lowest BCUT2D eigenvalue weighted by atomic mass is 9.77. The summed E-state index contributed by atoms with van der Waals surface area (Å²) in [6.07, 6.45) is 4.65. The van der Waals surface area contributed by atoms with E-state index in [1.807, 2.05) is 42.5 Å². The number of nitrogens with one attached hydrogen (secondary N) is 2. The predicted molar refractivity (Wildman–Crippen MR) is 131 cm³/mol. The number of amides is 1. The predicted octanol–water partition coefficient (Wildman–Crippen LogP) is 4.02. The molecule has 5 nitrogen and oxygen atoms in total. The molecule has 33 heavy (non-hydrogen) atoms. The number of aliphatic hydroxyl groups is 1. The highest BCUT2D eigenvalue weighted by Crippen LogP contribution is 2.42. The van der Waals surface area contributed by atoms with Crippen molar-refractivity contribution in [2.75, 3.05) is 20.7 Å². The zero-order valence-electron chi connectivity index (χ0n) is 19.3. The van der Waals surface area contributed by atoms with E-state index in [2.05, 4.69) is 22.8 Å². The van der Waals surface area contributed by atoms with Crippen molar-refractivity contribution in [2.45, 2.75) is 37.3 Å². The fraction of sp³-hybridized carbons (Fsp3) is 0.321. The van der Waals surface area contributed by atoms with Gasteiger partial charge in [-0.2, -0.15) is 0 Å². The van der Waals surface area contributed by atoms with Crippen LogP contribution in [0.2, 0.25) is 0 Å². The molecule has 3 N–H and O–H groups in total. The van der Waals surface area contributed by atoms with Gasteiger partial charge in [0.2, 0.25) is 0 Å². The van der Waals surface area contributed by atoms with Gasteiger partial charge in [-0.3, -0.25) is 4.79 Å². The highest BCUT2D eigenvalue weighted by atomic mass is 16.5. The van der Waals surface area contributed by atoms with Crippen LogP contribution in [0.1, 0.15) is 51.9 Å². The average Bonchev–Trinajstić information content (AvgIpc) is 2.88. The first-order valence-corrected chi connectivity index (χ1v) is 11.6. The third kappa shape index (κ3) is 4.65. The Kier molecular flexibility index (Phi) is 7.11. The van der Waals surface area contributed by atoms with Crippen LogP contribution in [0.3, 0.4) is 0 Å². The summed E-state index contributed by atoms with van der Waals surface area (Å²) in [5.41, 5.74) is 1.85. The molecule has 3 aromatic carbocycles. The van der Waals surface area contributed by atoms with Gasteiger partial charge in [0.1, 0.15) is 11.4 Å². The highest BCUT2D eigenvalue weighted by Gasteiger charge is 2.39. The summed E-state index contributed by atoms with van der Waals surface area (Å²) in [5.74, 6) is 0.307. The largest absolute Gasteiger partial charge is 0.496 e. The van der Waals surface area contributed by atoms with Crippen LogP contribution in [0, 0.1) is 0 Å². The molecule has 4 rings (SSSR count). The molecule has 1 amide bonds. The van der Waals surface area contributed by atoms with Gasteiger partial charge in [-0.1, -0.05) is 67.1 Å². The van der Waals surface area contributed by atoms with Crippen molar-refractivity contribution in [3.63, 3.8) is 0 Å². The van der Waals surface area contributed by atoms with Gasteiger partial charge in [-0.15, -0.1) is 0 Å². The fourth-order valence-corrected chi connectivity index (χ4v) is 4.80. The maximum absolute atomic E-state index is 12.7. The number of hydrogen-bond acceptors (Lipinski definition) is 4. The highest BCUT2D eigenvalue weighted by molar-refractivity contribution is 5.96. The van der Waals surface area contributed by atoms with Crippen LogP contribution in [-0.2, 0) is 12.0 Å². The van der Waals surface area contributed by atoms with Crippen molar-refractivity contribution in [3.05, 3.63) is 101 Å². The quantitative estimate of drug-likeness (QED) is 0.482. The van der Waals surface area contributed by atoms with E-state index in [1.54, 1.807) is 32.4 Å². The van der Waals surface area contributed by atoms with E-state index in [0.717, 1.165) is 13.0 Å². The summed E-state index contributed by atoms with van der Waals surface area (Å²) in [6, 6.07) is 23.2. The molecule has 3 aromatic rings. The molecule has 172 valence electrons. The topological polar surface area (TPSA) is 70.6 Å². The lowest BCUT2D eigenvalue weighted by Crippen LogP contribution is -2.35. The van der Waals surface area contributed by atoms with Crippen LogP contribution in [-0.4, -0.2) is 37.8 Å². The lowest BCUT2D eigenvalue weighted by Gasteiger charge is -2.33. The number of rotatable bonds is 7. The Bertz CT molecular complexity index is 1090. The second-order valence-electron chi connectivity index (χ2n) is 8.58. The normalized spacial score (nSPS) is 17.7. The van der Waals surface area contributed by atoms with Crippen molar-refractivity contribution >= 4 is 5.91 Å². The van der Waals surface area contributed by atoms with E-state index in [1.165, 1.54) is 24.8 Å². The molecule has 0 aromatic heterocycles. The Morgan fingerprint density at radius 2 is 1.73 bits per heavy atom. The van der Waals surface area contributed by atoms with E-state index >= 15 is 0 Å². The van der Waals surface area contributed by atoms with E-state index < -0.39 is 5.60 Å². The molecule has 0 bridgehead atoms. The van der Waals surface area contributed by atoms with Crippen molar-refractivity contribution < 1.29 is 14.6 Å². The molecule has 1 aliphatic heterocycles. The van der Waals surface area contributed by atoms with E-state index in [0.29, 0.717) is 34.0 Å². The molecule has 1 fully saturated rings. The van der Waals surface area contributed by atoms with Crippen LogP contribution >= 0.6 is 0 Å². The minimum atomic E-state index is -1.57. The van der Waals surface area contributed by atoms with Crippen LogP contribution in [0.15, 0.2) is 72.8 Å². The Hall–Kier alpha value is -3.15. The number of carbonyl (C=O) groups excluding carboxylic acids is 1. The van der Waals surface area contributed by atoms with Crippen LogP contribution in [0.25, 0.3) is 0 Å². The maximum Gasteiger partial charge on any atom is 0.251 e. The van der Waals surface area contributed by atoms with Crippen molar-refractivity contribution in [1.82, 2.24) is 10.6 Å². The first kappa shape index (κ1) is 23.0. The standard InChI is InChI=1S/C28H32N2O3/c1-29-27(31)23-10-3-4-11-24(23)28(32,25-12-5-6-13-26(25)33-2)21-16-14-20(15-17-21)19-22-9-7-8-18-30-22/h3-6,10-17,22,30,32H,7-9,18-19H2,1-2H3,(H,29,31). The van der Waals surface area contributed by atoms with Crippen molar-refractivity contribution in [1.29, 1.82) is 0 Å². The van der Waals surface area contributed by atoms with Crippen molar-refractivity contribution in [2.24, 2.45) is 0 Å². The van der Waals surface area contributed by atoms with E-state index in [-0.39, 0.29) is 5.91 Å². The van der Waals surface area contributed by atoms with Gasteiger partial charge in [0, 0.05) is 29.8 Å². The van der Waals surface area contributed by atoms with Gasteiger partial charge in [-0.05, 0) is 49.1 Å². The summed E-state index contributed by atoms with van der Waals surface area (Å²) in [6.45, 7) is 1.08. The minimum Gasteiger partial charge on any atom is -0.496 e. The number of piperidine rings is 1. The zero-order valence-corrected chi connectivity index (χ0v) is 19.3. The molecule has 2 unspecified atom stereocenters. The Labute approximate surface area is 195 Å². The molecule has 0 aliphatic carbocycles. The van der Waals surface area contributed by atoms with Crippen molar-refractivity contribution in [3.8, 4) is 5.75 Å². The Morgan fingerprint density at radius 3 is 2.39 bits per heavy atom. The summed E-state index contributed by atoms with van der Waals surface area (Å²) in [7, 11) is 3.18. The lowest BCUT2D eigenvalue weighted by molar-refractivity contribution is 0.0937.